The molecule has 0 saturated heterocycles. The molecule has 0 aromatic heterocycles. The zero-order chi connectivity index (χ0) is 30.1. The van der Waals surface area contributed by atoms with E-state index >= 15 is 0 Å². The summed E-state index contributed by atoms with van der Waals surface area (Å²) in [6.07, 6.45) is 0. The number of nitrogens with one attached hydrogen (secondary N) is 1. The third kappa shape index (κ3) is 7.69. The molecule has 218 valence electrons. The van der Waals surface area contributed by atoms with Gasteiger partial charge in [-0.2, -0.15) is 0 Å². The van der Waals surface area contributed by atoms with Crippen LogP contribution < -0.4 is 14.4 Å². The zero-order valence-electron chi connectivity index (χ0n) is 23.3. The van der Waals surface area contributed by atoms with E-state index in [1.165, 1.54) is 17.0 Å². The summed E-state index contributed by atoms with van der Waals surface area (Å²) in [6, 6.07) is 29.6. The van der Waals surface area contributed by atoms with E-state index in [2.05, 4.69) is 5.32 Å². The molecule has 10 heteroatoms. The van der Waals surface area contributed by atoms with E-state index in [-0.39, 0.29) is 23.0 Å². The maximum atomic E-state index is 13.9. The van der Waals surface area contributed by atoms with E-state index in [1.54, 1.807) is 80.6 Å². The fourth-order valence-corrected chi connectivity index (χ4v) is 5.81. The van der Waals surface area contributed by atoms with Crippen LogP contribution in [-0.2, 0) is 26.2 Å². The number of anilines is 1. The minimum Gasteiger partial charge on any atom is -0.457 e. The number of carbonyl (C=O) groups is 2. The van der Waals surface area contributed by atoms with Gasteiger partial charge in [-0.25, -0.2) is 8.42 Å². The molecule has 4 aromatic rings. The van der Waals surface area contributed by atoms with E-state index < -0.39 is 28.5 Å². The van der Waals surface area contributed by atoms with Crippen molar-refractivity contribution in [2.45, 2.75) is 31.3 Å². The number of sulfonamides is 1. The third-order valence-corrected chi connectivity index (χ3v) is 8.54. The quantitative estimate of drug-likeness (QED) is 0.218. The van der Waals surface area contributed by atoms with Crippen molar-refractivity contribution in [3.63, 3.8) is 0 Å². The van der Waals surface area contributed by atoms with Gasteiger partial charge in [0.15, 0.2) is 0 Å². The molecule has 0 bridgehead atoms. The molecule has 0 aliphatic rings. The first-order valence-electron chi connectivity index (χ1n) is 13.4. The summed E-state index contributed by atoms with van der Waals surface area (Å²) >= 11 is 6.04. The van der Waals surface area contributed by atoms with Gasteiger partial charge in [0.25, 0.3) is 10.0 Å². The number of carbonyl (C=O) groups excluding carboxylic acids is 2. The summed E-state index contributed by atoms with van der Waals surface area (Å²) in [5.74, 6) is 0.237. The van der Waals surface area contributed by atoms with Crippen LogP contribution in [0.1, 0.15) is 19.4 Å². The fourth-order valence-electron chi connectivity index (χ4n) is 4.24. The van der Waals surface area contributed by atoms with Gasteiger partial charge in [-0.05, 0) is 80.1 Å². The van der Waals surface area contributed by atoms with Crippen molar-refractivity contribution >= 4 is 39.1 Å². The number of nitrogens with zero attached hydrogens (tertiary/aromatic N) is 2. The maximum absolute atomic E-state index is 13.9. The molecule has 1 atom stereocenters. The monoisotopic (exact) mass is 605 g/mol. The lowest BCUT2D eigenvalue weighted by Gasteiger charge is -2.32. The Morgan fingerprint density at radius 3 is 2.00 bits per heavy atom. The van der Waals surface area contributed by atoms with Crippen molar-refractivity contribution in [1.82, 2.24) is 10.2 Å². The van der Waals surface area contributed by atoms with Crippen LogP contribution in [0.15, 0.2) is 114 Å². The molecule has 1 N–H and O–H groups in total. The fraction of sp³-hybridized carbons (Fsp3) is 0.188. The van der Waals surface area contributed by atoms with Gasteiger partial charge in [0.2, 0.25) is 11.8 Å². The molecular weight excluding hydrogens is 574 g/mol. The Bertz CT molecular complexity index is 1580. The van der Waals surface area contributed by atoms with Crippen molar-refractivity contribution in [3.05, 3.63) is 120 Å². The molecule has 4 rings (SSSR count). The molecule has 42 heavy (non-hydrogen) atoms. The van der Waals surface area contributed by atoms with Crippen LogP contribution in [-0.4, -0.2) is 44.3 Å². The number of ether oxygens (including phenoxy) is 1. The molecular formula is C32H32ClN3O5S. The summed E-state index contributed by atoms with van der Waals surface area (Å²) in [4.78, 5) is 28.1. The highest BCUT2D eigenvalue weighted by molar-refractivity contribution is 7.92. The molecule has 0 radical (unpaired) electrons. The van der Waals surface area contributed by atoms with Crippen LogP contribution in [0.5, 0.6) is 11.5 Å². The first kappa shape index (κ1) is 30.6. The van der Waals surface area contributed by atoms with Gasteiger partial charge < -0.3 is 15.0 Å². The molecule has 4 aromatic carbocycles. The number of hydrogen-bond donors (Lipinski definition) is 1. The van der Waals surface area contributed by atoms with Crippen LogP contribution >= 0.6 is 11.6 Å². The summed E-state index contributed by atoms with van der Waals surface area (Å²) in [5.41, 5.74) is 1.01. The highest BCUT2D eigenvalue weighted by Gasteiger charge is 2.32. The molecule has 0 spiro atoms. The molecule has 0 aliphatic heterocycles. The van der Waals surface area contributed by atoms with Crippen LogP contribution in [0.2, 0.25) is 5.02 Å². The second-order valence-corrected chi connectivity index (χ2v) is 11.8. The van der Waals surface area contributed by atoms with Gasteiger partial charge in [-0.1, -0.05) is 60.1 Å². The van der Waals surface area contributed by atoms with Crippen LogP contribution in [0, 0.1) is 0 Å². The van der Waals surface area contributed by atoms with Gasteiger partial charge >= 0.3 is 0 Å². The van der Waals surface area contributed by atoms with Crippen molar-refractivity contribution in [2.75, 3.05) is 17.4 Å². The second-order valence-electron chi connectivity index (χ2n) is 9.45. The number of halogens is 1. The molecule has 2 amide bonds. The highest BCUT2D eigenvalue weighted by Crippen LogP contribution is 2.28. The Morgan fingerprint density at radius 2 is 1.40 bits per heavy atom. The molecule has 0 saturated carbocycles. The molecule has 8 nitrogen and oxygen atoms in total. The number of hydrogen-bond acceptors (Lipinski definition) is 5. The van der Waals surface area contributed by atoms with Crippen LogP contribution in [0.25, 0.3) is 0 Å². The predicted molar refractivity (Wildman–Crippen MR) is 164 cm³/mol. The number of likely N-dealkylation sites (N-methyl/N-ethyl adjacent to an activating group) is 1. The standard InChI is InChI=1S/C32H32ClN3O5S/c1-3-34-32(38)24(2)35(22-25-14-16-26(33)17-15-25)31(37)23-36(42(39,40)30-12-8-5-9-13-30)27-18-20-29(21-19-27)41-28-10-6-4-7-11-28/h4-21,24H,3,22-23H2,1-2H3,(H,34,38)/t24-/m0/s1. The smallest absolute Gasteiger partial charge is 0.264 e. The van der Waals surface area contributed by atoms with E-state index in [9.17, 15) is 18.0 Å². The lowest BCUT2D eigenvalue weighted by Crippen LogP contribution is -2.51. The lowest BCUT2D eigenvalue weighted by atomic mass is 10.1. The Labute approximate surface area is 251 Å². The van der Waals surface area contributed by atoms with Crippen molar-refractivity contribution in [3.8, 4) is 11.5 Å². The molecule has 0 unspecified atom stereocenters. The average Bonchev–Trinajstić information content (AvgIpc) is 3.00. The Hall–Kier alpha value is -4.34. The van der Waals surface area contributed by atoms with E-state index in [4.69, 9.17) is 16.3 Å². The highest BCUT2D eigenvalue weighted by atomic mass is 35.5. The Balaban J connectivity index is 1.68. The normalized spacial score (nSPS) is 11.8. The minimum absolute atomic E-state index is 0.0310. The topological polar surface area (TPSA) is 96.0 Å². The van der Waals surface area contributed by atoms with E-state index in [0.717, 1.165) is 9.87 Å². The first-order chi connectivity index (χ1) is 20.2. The van der Waals surface area contributed by atoms with Gasteiger partial charge in [-0.15, -0.1) is 0 Å². The van der Waals surface area contributed by atoms with Crippen molar-refractivity contribution < 1.29 is 22.7 Å². The molecule has 0 fully saturated rings. The Morgan fingerprint density at radius 1 is 0.833 bits per heavy atom. The molecule has 0 aliphatic carbocycles. The number of rotatable bonds is 12. The average molecular weight is 606 g/mol. The summed E-state index contributed by atoms with van der Waals surface area (Å²) < 4.78 is 34.7. The largest absolute Gasteiger partial charge is 0.457 e. The van der Waals surface area contributed by atoms with E-state index in [1.807, 2.05) is 30.3 Å². The minimum atomic E-state index is -4.16. The number of benzene rings is 4. The lowest BCUT2D eigenvalue weighted by molar-refractivity contribution is -0.139. The Kier molecular flexibility index (Phi) is 10.2. The summed E-state index contributed by atoms with van der Waals surface area (Å²) in [5, 5.41) is 3.28. The SMILES string of the molecule is CCNC(=O)[C@H](C)N(Cc1ccc(Cl)cc1)C(=O)CN(c1ccc(Oc2ccccc2)cc1)S(=O)(=O)c1ccccc1. The van der Waals surface area contributed by atoms with Gasteiger partial charge in [0, 0.05) is 18.1 Å². The number of amides is 2. The zero-order valence-corrected chi connectivity index (χ0v) is 24.9. The van der Waals surface area contributed by atoms with Crippen LogP contribution in [0.3, 0.4) is 0 Å². The number of para-hydroxylation sites is 1. The van der Waals surface area contributed by atoms with Crippen molar-refractivity contribution in [1.29, 1.82) is 0 Å². The van der Waals surface area contributed by atoms with Gasteiger partial charge in [-0.3, -0.25) is 13.9 Å². The van der Waals surface area contributed by atoms with Gasteiger partial charge in [0.1, 0.15) is 24.1 Å². The predicted octanol–water partition coefficient (Wildman–Crippen LogP) is 5.88. The third-order valence-electron chi connectivity index (χ3n) is 6.50. The second kappa shape index (κ2) is 14.0. The van der Waals surface area contributed by atoms with Crippen molar-refractivity contribution in [2.24, 2.45) is 0 Å². The van der Waals surface area contributed by atoms with Gasteiger partial charge in [0.05, 0.1) is 10.6 Å². The molecule has 0 heterocycles. The van der Waals surface area contributed by atoms with E-state index in [0.29, 0.717) is 23.1 Å². The maximum Gasteiger partial charge on any atom is 0.264 e. The summed E-state index contributed by atoms with van der Waals surface area (Å²) in [7, 11) is -4.16. The van der Waals surface area contributed by atoms with Crippen LogP contribution in [0.4, 0.5) is 5.69 Å². The summed E-state index contributed by atoms with van der Waals surface area (Å²) in [6.45, 7) is 3.34. The first-order valence-corrected chi connectivity index (χ1v) is 15.2.